The number of carbonyl (C=O) groups is 3. The molecule has 0 aliphatic carbocycles. The van der Waals surface area contributed by atoms with Gasteiger partial charge in [-0.25, -0.2) is 0 Å². The zero-order valence-corrected chi connectivity index (χ0v) is 12.5. The molecule has 0 radical (unpaired) electrons. The van der Waals surface area contributed by atoms with E-state index in [1.165, 1.54) is 0 Å². The molecule has 9 nitrogen and oxygen atoms in total. The van der Waals surface area contributed by atoms with Gasteiger partial charge in [-0.2, -0.15) is 0 Å². The van der Waals surface area contributed by atoms with Crippen LogP contribution in [0.25, 0.3) is 0 Å². The number of hydrogen-bond acceptors (Lipinski definition) is 9. The van der Waals surface area contributed by atoms with Gasteiger partial charge in [0, 0.05) is 0 Å². The van der Waals surface area contributed by atoms with Gasteiger partial charge in [0.1, 0.15) is 0 Å². The molecule has 0 bridgehead atoms. The molecule has 0 N–H and O–H groups in total. The van der Waals surface area contributed by atoms with Crippen molar-refractivity contribution in [3.63, 3.8) is 0 Å². The van der Waals surface area contributed by atoms with E-state index in [9.17, 15) is 14.4 Å². The molecule has 0 atom stereocenters. The van der Waals surface area contributed by atoms with Crippen LogP contribution in [0.4, 0.5) is 0 Å². The Hall–Kier alpha value is -1.54. The molecule has 10 heteroatoms. The standard InChI is InChI=1S/C10H15O9P/c1-14-8(11)6-7(10(13)15-2)20(16-3,17-4,18-5)19-9(6)12/h1-5H3. The first-order valence-corrected chi connectivity index (χ1v) is 7.13. The molecule has 0 aromatic carbocycles. The monoisotopic (exact) mass is 310 g/mol. The van der Waals surface area contributed by atoms with Crippen LogP contribution in [-0.4, -0.2) is 53.5 Å². The molecule has 0 spiro atoms. The molecular formula is C10H15O9P. The summed E-state index contributed by atoms with van der Waals surface area (Å²) in [4.78, 5) is 35.6. The molecule has 0 amide bonds. The van der Waals surface area contributed by atoms with Crippen molar-refractivity contribution in [2.24, 2.45) is 0 Å². The van der Waals surface area contributed by atoms with Crippen LogP contribution in [0.5, 0.6) is 0 Å². The Morgan fingerprint density at radius 1 is 0.900 bits per heavy atom. The molecule has 1 aliphatic heterocycles. The van der Waals surface area contributed by atoms with Gasteiger partial charge in [0.2, 0.25) is 0 Å². The van der Waals surface area contributed by atoms with E-state index in [1.807, 2.05) is 0 Å². The molecule has 1 aliphatic rings. The second-order valence-electron chi connectivity index (χ2n) is 3.45. The number of carbonyl (C=O) groups excluding carboxylic acids is 3. The third kappa shape index (κ3) is 1.99. The van der Waals surface area contributed by atoms with Crippen molar-refractivity contribution in [1.82, 2.24) is 0 Å². The molecule has 1 rings (SSSR count). The van der Waals surface area contributed by atoms with E-state index in [-0.39, 0.29) is 0 Å². The Balaban J connectivity index is 3.73. The quantitative estimate of drug-likeness (QED) is 0.402. The van der Waals surface area contributed by atoms with Gasteiger partial charge in [-0.05, 0) is 0 Å². The fraction of sp³-hybridized carbons (Fsp3) is 0.500. The van der Waals surface area contributed by atoms with Crippen LogP contribution in [0, 0.1) is 0 Å². The van der Waals surface area contributed by atoms with Gasteiger partial charge in [0.25, 0.3) is 0 Å². The minimum atomic E-state index is -4.76. The zero-order chi connectivity index (χ0) is 15.6. The molecule has 114 valence electrons. The fourth-order valence-corrected chi connectivity index (χ4v) is 4.38. The third-order valence-electron chi connectivity index (χ3n) is 2.76. The molecular weight excluding hydrogens is 295 g/mol. The molecule has 20 heavy (non-hydrogen) atoms. The Morgan fingerprint density at radius 2 is 1.35 bits per heavy atom. The van der Waals surface area contributed by atoms with E-state index < -0.39 is 36.3 Å². The Labute approximate surface area is 115 Å². The van der Waals surface area contributed by atoms with Crippen LogP contribution in [0.2, 0.25) is 0 Å². The Kier molecular flexibility index (Phi) is 4.50. The summed E-state index contributed by atoms with van der Waals surface area (Å²) in [5.74, 6) is -3.30. The maximum absolute atomic E-state index is 12.0. The predicted octanol–water partition coefficient (Wildman–Crippen LogP) is 0.296. The summed E-state index contributed by atoms with van der Waals surface area (Å²) >= 11 is 0. The molecule has 0 aromatic rings. The number of esters is 2. The second-order valence-corrected chi connectivity index (χ2v) is 6.80. The third-order valence-corrected chi connectivity index (χ3v) is 6.27. The van der Waals surface area contributed by atoms with Crippen LogP contribution in [-0.2, 0) is 42.0 Å². The first-order chi connectivity index (χ1) is 9.35. The van der Waals surface area contributed by atoms with Crippen molar-refractivity contribution in [1.29, 1.82) is 0 Å². The average Bonchev–Trinajstić information content (AvgIpc) is 2.76. The summed E-state index contributed by atoms with van der Waals surface area (Å²) in [5, 5.41) is -0.567. The van der Waals surface area contributed by atoms with Gasteiger partial charge >= 0.3 is 114 Å². The minimum absolute atomic E-state index is 0.567. The number of ether oxygens (including phenoxy) is 2. The summed E-state index contributed by atoms with van der Waals surface area (Å²) in [6.45, 7) is 0. The van der Waals surface area contributed by atoms with Crippen LogP contribution >= 0.6 is 7.51 Å². The topological polar surface area (TPSA) is 107 Å². The first-order valence-electron chi connectivity index (χ1n) is 5.22. The molecule has 0 fully saturated rings. The van der Waals surface area contributed by atoms with Crippen molar-refractivity contribution < 1.29 is 42.0 Å². The Bertz CT molecular complexity index is 480. The summed E-state index contributed by atoms with van der Waals surface area (Å²) in [6.07, 6.45) is 0. The maximum atomic E-state index is 12.0. The van der Waals surface area contributed by atoms with E-state index in [1.54, 1.807) is 0 Å². The van der Waals surface area contributed by atoms with Crippen LogP contribution < -0.4 is 0 Å². The van der Waals surface area contributed by atoms with Crippen molar-refractivity contribution >= 4 is 25.4 Å². The molecule has 0 saturated carbocycles. The van der Waals surface area contributed by atoms with Gasteiger partial charge < -0.3 is 0 Å². The summed E-state index contributed by atoms with van der Waals surface area (Å²) in [6, 6.07) is 0. The molecule has 0 aromatic heterocycles. The average molecular weight is 310 g/mol. The van der Waals surface area contributed by atoms with E-state index in [4.69, 9.17) is 18.1 Å². The van der Waals surface area contributed by atoms with Crippen LogP contribution in [0.1, 0.15) is 0 Å². The molecule has 0 unspecified atom stereocenters. The van der Waals surface area contributed by atoms with Gasteiger partial charge in [-0.15, -0.1) is 0 Å². The molecule has 1 heterocycles. The van der Waals surface area contributed by atoms with Gasteiger partial charge in [-0.1, -0.05) is 0 Å². The molecule has 0 saturated heterocycles. The van der Waals surface area contributed by atoms with Crippen LogP contribution in [0.15, 0.2) is 10.9 Å². The number of rotatable bonds is 5. The summed E-state index contributed by atoms with van der Waals surface area (Å²) in [7, 11) is 0.675. The normalized spacial score (nSPS) is 21.6. The van der Waals surface area contributed by atoms with Gasteiger partial charge in [0.05, 0.1) is 0 Å². The van der Waals surface area contributed by atoms with E-state index in [0.29, 0.717) is 0 Å². The van der Waals surface area contributed by atoms with E-state index in [0.717, 1.165) is 35.5 Å². The first kappa shape index (κ1) is 16.5. The number of methoxy groups -OCH3 is 2. The number of hydrogen-bond donors (Lipinski definition) is 0. The van der Waals surface area contributed by atoms with Gasteiger partial charge in [0.15, 0.2) is 0 Å². The van der Waals surface area contributed by atoms with Gasteiger partial charge in [-0.3, -0.25) is 0 Å². The van der Waals surface area contributed by atoms with Crippen LogP contribution in [0.3, 0.4) is 0 Å². The predicted molar refractivity (Wildman–Crippen MR) is 65.1 cm³/mol. The summed E-state index contributed by atoms with van der Waals surface area (Å²) < 4.78 is 29.3. The van der Waals surface area contributed by atoms with Crippen molar-refractivity contribution in [2.45, 2.75) is 0 Å². The van der Waals surface area contributed by atoms with Crippen molar-refractivity contribution in [2.75, 3.05) is 35.5 Å². The Morgan fingerprint density at radius 3 is 1.70 bits per heavy atom. The van der Waals surface area contributed by atoms with E-state index >= 15 is 0 Å². The second kappa shape index (κ2) is 5.45. The van der Waals surface area contributed by atoms with Crippen molar-refractivity contribution in [3.8, 4) is 0 Å². The van der Waals surface area contributed by atoms with Crippen molar-refractivity contribution in [3.05, 3.63) is 10.9 Å². The summed E-state index contributed by atoms with van der Waals surface area (Å²) in [5.41, 5.74) is -0.678. The van der Waals surface area contributed by atoms with E-state index in [2.05, 4.69) is 9.47 Å². The SMILES string of the molecule is COC(=O)C1=C(C(=O)OC)P(OC)(OC)(OC)OC1=O. The fourth-order valence-electron chi connectivity index (χ4n) is 1.75. The zero-order valence-electron chi connectivity index (χ0n) is 11.6.